The van der Waals surface area contributed by atoms with Gasteiger partial charge in [0.25, 0.3) is 5.91 Å². The number of benzene rings is 1. The predicted octanol–water partition coefficient (Wildman–Crippen LogP) is 3.15. The SMILES string of the molecule is C=CCN(CC(F)(F)F)C(=O)CCNC(=O)c1ccc(Br)cc1. The zero-order valence-corrected chi connectivity index (χ0v) is 13.8. The lowest BCUT2D eigenvalue weighted by atomic mass is 10.2. The van der Waals surface area contributed by atoms with E-state index in [4.69, 9.17) is 0 Å². The zero-order valence-electron chi connectivity index (χ0n) is 12.2. The van der Waals surface area contributed by atoms with Gasteiger partial charge in [-0.1, -0.05) is 22.0 Å². The van der Waals surface area contributed by atoms with Gasteiger partial charge in [-0.2, -0.15) is 13.2 Å². The van der Waals surface area contributed by atoms with Crippen molar-refractivity contribution in [3.05, 3.63) is 47.0 Å². The lowest BCUT2D eigenvalue weighted by molar-refractivity contribution is -0.160. The number of amides is 2. The van der Waals surface area contributed by atoms with Gasteiger partial charge in [0, 0.05) is 29.5 Å². The number of alkyl halides is 3. The van der Waals surface area contributed by atoms with Gasteiger partial charge >= 0.3 is 6.18 Å². The maximum absolute atomic E-state index is 12.4. The molecule has 0 atom stereocenters. The van der Waals surface area contributed by atoms with E-state index in [0.717, 1.165) is 4.47 Å². The highest BCUT2D eigenvalue weighted by Crippen LogP contribution is 2.17. The van der Waals surface area contributed by atoms with Crippen molar-refractivity contribution in [1.29, 1.82) is 0 Å². The molecule has 126 valence electrons. The standard InChI is InChI=1S/C15H16BrF3N2O2/c1-2-9-21(10-15(17,18)19)13(22)7-8-20-14(23)11-3-5-12(16)6-4-11/h2-6H,1,7-10H2,(H,20,23). The highest BCUT2D eigenvalue weighted by atomic mass is 79.9. The number of carbonyl (C=O) groups excluding carboxylic acids is 2. The average Bonchev–Trinajstić information content (AvgIpc) is 2.46. The summed E-state index contributed by atoms with van der Waals surface area (Å²) >= 11 is 3.24. The molecule has 0 unspecified atom stereocenters. The quantitative estimate of drug-likeness (QED) is 0.724. The van der Waals surface area contributed by atoms with Crippen LogP contribution in [0.15, 0.2) is 41.4 Å². The molecule has 8 heteroatoms. The third kappa shape index (κ3) is 7.32. The number of nitrogens with zero attached hydrogens (tertiary/aromatic N) is 1. The molecule has 0 aliphatic carbocycles. The Labute approximate surface area is 140 Å². The van der Waals surface area contributed by atoms with Crippen LogP contribution < -0.4 is 5.32 Å². The summed E-state index contributed by atoms with van der Waals surface area (Å²) in [5.74, 6) is -1.09. The Morgan fingerprint density at radius 3 is 2.39 bits per heavy atom. The van der Waals surface area contributed by atoms with Crippen LogP contribution in [-0.2, 0) is 4.79 Å². The van der Waals surface area contributed by atoms with Gasteiger partial charge in [0.15, 0.2) is 0 Å². The Hall–Kier alpha value is -1.83. The predicted molar refractivity (Wildman–Crippen MR) is 83.9 cm³/mol. The van der Waals surface area contributed by atoms with E-state index < -0.39 is 24.5 Å². The van der Waals surface area contributed by atoms with E-state index >= 15 is 0 Å². The second-order valence-corrected chi connectivity index (χ2v) is 5.61. The molecule has 0 aliphatic heterocycles. The summed E-state index contributed by atoms with van der Waals surface area (Å²) in [6.45, 7) is 1.76. The molecular formula is C15H16BrF3N2O2. The fourth-order valence-corrected chi connectivity index (χ4v) is 2.04. The molecule has 1 rings (SSSR count). The Balaban J connectivity index is 2.49. The molecule has 4 nitrogen and oxygen atoms in total. The number of hydrogen-bond donors (Lipinski definition) is 1. The first-order valence-electron chi connectivity index (χ1n) is 6.72. The van der Waals surface area contributed by atoms with Gasteiger partial charge in [-0.05, 0) is 24.3 Å². The van der Waals surface area contributed by atoms with Gasteiger partial charge in [-0.3, -0.25) is 9.59 Å². The van der Waals surface area contributed by atoms with Gasteiger partial charge in [-0.15, -0.1) is 6.58 Å². The summed E-state index contributed by atoms with van der Waals surface area (Å²) < 4.78 is 38.0. The van der Waals surface area contributed by atoms with E-state index in [0.29, 0.717) is 10.5 Å². The minimum Gasteiger partial charge on any atom is -0.352 e. The second-order valence-electron chi connectivity index (χ2n) is 4.69. The normalized spacial score (nSPS) is 11.0. The van der Waals surface area contributed by atoms with Gasteiger partial charge in [0.05, 0.1) is 0 Å². The maximum Gasteiger partial charge on any atom is 0.406 e. The lowest BCUT2D eigenvalue weighted by Crippen LogP contribution is -2.40. The van der Waals surface area contributed by atoms with Crippen molar-refractivity contribution in [2.24, 2.45) is 0 Å². The van der Waals surface area contributed by atoms with Crippen LogP contribution in [0.2, 0.25) is 0 Å². The molecule has 0 radical (unpaired) electrons. The van der Waals surface area contributed by atoms with Crippen molar-refractivity contribution in [2.45, 2.75) is 12.6 Å². The average molecular weight is 393 g/mol. The molecule has 1 aromatic rings. The first-order chi connectivity index (χ1) is 10.7. The molecule has 1 N–H and O–H groups in total. The molecule has 2 amide bonds. The minimum absolute atomic E-state index is 0.0424. The molecule has 0 saturated heterocycles. The smallest absolute Gasteiger partial charge is 0.352 e. The molecule has 0 heterocycles. The molecule has 0 aliphatic rings. The molecule has 0 fully saturated rings. The number of rotatable bonds is 7. The van der Waals surface area contributed by atoms with E-state index in [9.17, 15) is 22.8 Å². The lowest BCUT2D eigenvalue weighted by Gasteiger charge is -2.22. The number of hydrogen-bond acceptors (Lipinski definition) is 2. The monoisotopic (exact) mass is 392 g/mol. The Morgan fingerprint density at radius 1 is 1.26 bits per heavy atom. The molecular weight excluding hydrogens is 377 g/mol. The van der Waals surface area contributed by atoms with E-state index in [1.165, 1.54) is 6.08 Å². The third-order valence-corrected chi connectivity index (χ3v) is 3.33. The topological polar surface area (TPSA) is 49.4 Å². The molecule has 23 heavy (non-hydrogen) atoms. The van der Waals surface area contributed by atoms with Crippen molar-refractivity contribution in [2.75, 3.05) is 19.6 Å². The zero-order chi connectivity index (χ0) is 17.5. The van der Waals surface area contributed by atoms with Crippen LogP contribution in [0.3, 0.4) is 0 Å². The molecule has 0 aromatic heterocycles. The summed E-state index contributed by atoms with van der Waals surface area (Å²) in [5.41, 5.74) is 0.402. The van der Waals surface area contributed by atoms with Gasteiger partial charge in [0.1, 0.15) is 6.54 Å². The summed E-state index contributed by atoms with van der Waals surface area (Å²) in [6, 6.07) is 6.56. The van der Waals surface area contributed by atoms with Crippen LogP contribution in [-0.4, -0.2) is 42.5 Å². The van der Waals surface area contributed by atoms with Crippen LogP contribution in [0.25, 0.3) is 0 Å². The second kappa shape index (κ2) is 8.71. The van der Waals surface area contributed by atoms with Crippen LogP contribution in [0, 0.1) is 0 Å². The van der Waals surface area contributed by atoms with E-state index in [1.807, 2.05) is 0 Å². The number of carbonyl (C=O) groups is 2. The first kappa shape index (κ1) is 19.2. The Morgan fingerprint density at radius 2 is 1.87 bits per heavy atom. The molecule has 1 aromatic carbocycles. The van der Waals surface area contributed by atoms with Gasteiger partial charge in [-0.25, -0.2) is 0 Å². The first-order valence-corrected chi connectivity index (χ1v) is 7.51. The van der Waals surface area contributed by atoms with E-state index in [-0.39, 0.29) is 19.5 Å². The summed E-state index contributed by atoms with van der Waals surface area (Å²) in [5, 5.41) is 2.50. The van der Waals surface area contributed by atoms with Gasteiger partial charge in [0.2, 0.25) is 5.91 Å². The largest absolute Gasteiger partial charge is 0.406 e. The van der Waals surface area contributed by atoms with Crippen molar-refractivity contribution >= 4 is 27.7 Å². The van der Waals surface area contributed by atoms with Crippen molar-refractivity contribution < 1.29 is 22.8 Å². The summed E-state index contributed by atoms with van der Waals surface area (Å²) in [4.78, 5) is 24.3. The van der Waals surface area contributed by atoms with E-state index in [1.54, 1.807) is 24.3 Å². The molecule has 0 saturated carbocycles. The van der Waals surface area contributed by atoms with Crippen molar-refractivity contribution in [1.82, 2.24) is 10.2 Å². The highest BCUT2D eigenvalue weighted by molar-refractivity contribution is 9.10. The highest BCUT2D eigenvalue weighted by Gasteiger charge is 2.32. The number of halogens is 4. The fraction of sp³-hybridized carbons (Fsp3) is 0.333. The van der Waals surface area contributed by atoms with Crippen molar-refractivity contribution in [3.8, 4) is 0 Å². The van der Waals surface area contributed by atoms with Crippen LogP contribution in [0.4, 0.5) is 13.2 Å². The van der Waals surface area contributed by atoms with Crippen molar-refractivity contribution in [3.63, 3.8) is 0 Å². The number of nitrogens with one attached hydrogen (secondary N) is 1. The minimum atomic E-state index is -4.47. The summed E-state index contributed by atoms with van der Waals surface area (Å²) in [7, 11) is 0. The third-order valence-electron chi connectivity index (χ3n) is 2.80. The van der Waals surface area contributed by atoms with Crippen LogP contribution in [0.1, 0.15) is 16.8 Å². The van der Waals surface area contributed by atoms with Crippen LogP contribution in [0.5, 0.6) is 0 Å². The summed E-state index contributed by atoms with van der Waals surface area (Å²) in [6.07, 6.45) is -3.46. The molecule has 0 spiro atoms. The Bertz CT molecular complexity index is 559. The maximum atomic E-state index is 12.4. The fourth-order valence-electron chi connectivity index (χ4n) is 1.77. The van der Waals surface area contributed by atoms with Gasteiger partial charge < -0.3 is 10.2 Å². The van der Waals surface area contributed by atoms with E-state index in [2.05, 4.69) is 27.8 Å². The van der Waals surface area contributed by atoms with Crippen LogP contribution >= 0.6 is 15.9 Å². The Kier molecular flexibility index (Phi) is 7.28. The molecule has 0 bridgehead atoms.